The summed E-state index contributed by atoms with van der Waals surface area (Å²) in [6, 6.07) is 11.3. The van der Waals surface area contributed by atoms with Crippen LogP contribution in [0, 0.1) is 25.2 Å². The molecule has 10 heteroatoms. The average Bonchev–Trinajstić information content (AvgIpc) is 2.76. The van der Waals surface area contributed by atoms with Crippen LogP contribution in [0.3, 0.4) is 0 Å². The molecule has 1 saturated heterocycles. The van der Waals surface area contributed by atoms with Gasteiger partial charge in [-0.05, 0) is 25.5 Å². The SMILES string of the molecule is Cc1nc(C)c(C#N)c(SCC(=O)N2CCN(S(=O)(=O)/C=C/c3ccccc3)CC2)n1. The molecular weight excluding hydrogens is 434 g/mol. The lowest BCUT2D eigenvalue weighted by molar-refractivity contribution is -0.129. The highest BCUT2D eigenvalue weighted by atomic mass is 32.2. The number of rotatable bonds is 6. The van der Waals surface area contributed by atoms with E-state index in [0.29, 0.717) is 35.2 Å². The van der Waals surface area contributed by atoms with Gasteiger partial charge in [-0.2, -0.15) is 9.57 Å². The van der Waals surface area contributed by atoms with Gasteiger partial charge < -0.3 is 4.90 Å². The summed E-state index contributed by atoms with van der Waals surface area (Å²) in [4.78, 5) is 22.7. The molecule has 162 valence electrons. The second-order valence-electron chi connectivity index (χ2n) is 6.98. The van der Waals surface area contributed by atoms with E-state index in [2.05, 4.69) is 16.0 Å². The number of carbonyl (C=O) groups is 1. The maximum absolute atomic E-state index is 12.6. The van der Waals surface area contributed by atoms with Gasteiger partial charge in [0.15, 0.2) is 0 Å². The fraction of sp³-hybridized carbons (Fsp3) is 0.333. The minimum atomic E-state index is -3.55. The zero-order valence-corrected chi connectivity index (χ0v) is 19.0. The molecule has 0 atom stereocenters. The Bertz CT molecular complexity index is 1120. The van der Waals surface area contributed by atoms with Gasteiger partial charge in [-0.25, -0.2) is 18.4 Å². The number of thioether (sulfide) groups is 1. The van der Waals surface area contributed by atoms with Crippen LogP contribution in [0.1, 0.15) is 22.6 Å². The van der Waals surface area contributed by atoms with E-state index in [4.69, 9.17) is 0 Å². The largest absolute Gasteiger partial charge is 0.339 e. The molecule has 1 aromatic heterocycles. The number of carbonyl (C=O) groups excluding carboxylic acids is 1. The van der Waals surface area contributed by atoms with Crippen molar-refractivity contribution in [1.82, 2.24) is 19.2 Å². The Labute approximate surface area is 186 Å². The van der Waals surface area contributed by atoms with Crippen LogP contribution in [0.15, 0.2) is 40.8 Å². The Morgan fingerprint density at radius 2 is 1.84 bits per heavy atom. The number of amides is 1. The van der Waals surface area contributed by atoms with Crippen LogP contribution < -0.4 is 0 Å². The van der Waals surface area contributed by atoms with Gasteiger partial charge in [0.2, 0.25) is 15.9 Å². The highest BCUT2D eigenvalue weighted by molar-refractivity contribution is 8.00. The number of sulfonamides is 1. The minimum Gasteiger partial charge on any atom is -0.339 e. The van der Waals surface area contributed by atoms with E-state index in [1.54, 1.807) is 24.8 Å². The van der Waals surface area contributed by atoms with E-state index in [9.17, 15) is 18.5 Å². The predicted octanol–water partition coefficient (Wildman–Crippen LogP) is 2.20. The number of benzene rings is 1. The Morgan fingerprint density at radius 1 is 1.16 bits per heavy atom. The van der Waals surface area contributed by atoms with Crippen molar-refractivity contribution in [3.05, 3.63) is 58.4 Å². The molecule has 1 aromatic carbocycles. The molecule has 2 heterocycles. The zero-order valence-electron chi connectivity index (χ0n) is 17.4. The molecule has 31 heavy (non-hydrogen) atoms. The van der Waals surface area contributed by atoms with Gasteiger partial charge in [0.05, 0.1) is 11.4 Å². The van der Waals surface area contributed by atoms with Crippen LogP contribution in [0.2, 0.25) is 0 Å². The fourth-order valence-electron chi connectivity index (χ4n) is 3.14. The molecule has 0 N–H and O–H groups in total. The number of aryl methyl sites for hydroxylation is 2. The summed E-state index contributed by atoms with van der Waals surface area (Å²) in [5, 5.41) is 11.0. The number of nitrogens with zero attached hydrogens (tertiary/aromatic N) is 5. The molecule has 8 nitrogen and oxygen atoms in total. The maximum atomic E-state index is 12.6. The van der Waals surface area contributed by atoms with E-state index >= 15 is 0 Å². The van der Waals surface area contributed by atoms with Crippen molar-refractivity contribution in [3.8, 4) is 6.07 Å². The van der Waals surface area contributed by atoms with Crippen LogP contribution in [-0.4, -0.2) is 65.4 Å². The first kappa shape index (κ1) is 22.9. The summed E-state index contributed by atoms with van der Waals surface area (Å²) >= 11 is 1.21. The quantitative estimate of drug-likeness (QED) is 0.483. The third-order valence-electron chi connectivity index (χ3n) is 4.80. The van der Waals surface area contributed by atoms with Crippen LogP contribution in [0.25, 0.3) is 6.08 Å². The zero-order chi connectivity index (χ0) is 22.4. The molecule has 0 unspecified atom stereocenters. The van der Waals surface area contributed by atoms with Crippen molar-refractivity contribution >= 4 is 33.8 Å². The second-order valence-corrected chi connectivity index (χ2v) is 9.76. The Kier molecular flexibility index (Phi) is 7.43. The molecule has 0 radical (unpaired) electrons. The molecule has 0 bridgehead atoms. The Balaban J connectivity index is 1.55. The van der Waals surface area contributed by atoms with E-state index in [0.717, 1.165) is 5.56 Å². The smallest absolute Gasteiger partial charge is 0.236 e. The van der Waals surface area contributed by atoms with Gasteiger partial charge in [0, 0.05) is 31.6 Å². The standard InChI is InChI=1S/C21H23N5O3S2/c1-16-19(14-22)21(24-17(2)23-16)30-15-20(27)25-9-11-26(12-10-25)31(28,29)13-8-18-6-4-3-5-7-18/h3-8,13H,9-12,15H2,1-2H3/b13-8+. The monoisotopic (exact) mass is 457 g/mol. The number of aromatic nitrogens is 2. The van der Waals surface area contributed by atoms with Gasteiger partial charge >= 0.3 is 0 Å². The summed E-state index contributed by atoms with van der Waals surface area (Å²) in [6.45, 7) is 4.62. The summed E-state index contributed by atoms with van der Waals surface area (Å²) < 4.78 is 26.5. The number of hydrogen-bond donors (Lipinski definition) is 0. The highest BCUT2D eigenvalue weighted by Gasteiger charge is 2.27. The normalized spacial score (nSPS) is 15.2. The fourth-order valence-corrected chi connectivity index (χ4v) is 5.29. The van der Waals surface area contributed by atoms with Gasteiger partial charge in [0.1, 0.15) is 22.5 Å². The summed E-state index contributed by atoms with van der Waals surface area (Å²) in [5.41, 5.74) is 1.78. The summed E-state index contributed by atoms with van der Waals surface area (Å²) in [5.74, 6) is 0.569. The third kappa shape index (κ3) is 5.91. The molecule has 3 rings (SSSR count). The highest BCUT2D eigenvalue weighted by Crippen LogP contribution is 2.23. The molecule has 0 saturated carbocycles. The van der Waals surface area contributed by atoms with Crippen molar-refractivity contribution in [2.45, 2.75) is 18.9 Å². The van der Waals surface area contributed by atoms with Crippen molar-refractivity contribution < 1.29 is 13.2 Å². The average molecular weight is 458 g/mol. The predicted molar refractivity (Wildman–Crippen MR) is 119 cm³/mol. The Hall–Kier alpha value is -2.74. The van der Waals surface area contributed by atoms with Crippen molar-refractivity contribution in [3.63, 3.8) is 0 Å². The van der Waals surface area contributed by atoms with Crippen molar-refractivity contribution in [1.29, 1.82) is 5.26 Å². The van der Waals surface area contributed by atoms with Crippen LogP contribution in [0.5, 0.6) is 0 Å². The summed E-state index contributed by atoms with van der Waals surface area (Å²) in [6.07, 6.45) is 1.57. The Morgan fingerprint density at radius 3 is 2.48 bits per heavy atom. The molecule has 1 amide bonds. The van der Waals surface area contributed by atoms with E-state index in [1.807, 2.05) is 30.3 Å². The number of piperazine rings is 1. The van der Waals surface area contributed by atoms with Gasteiger partial charge in [-0.3, -0.25) is 4.79 Å². The number of hydrogen-bond acceptors (Lipinski definition) is 7. The van der Waals surface area contributed by atoms with Crippen molar-refractivity contribution in [2.75, 3.05) is 31.9 Å². The van der Waals surface area contributed by atoms with Crippen molar-refractivity contribution in [2.24, 2.45) is 0 Å². The lowest BCUT2D eigenvalue weighted by Crippen LogP contribution is -2.50. The lowest BCUT2D eigenvalue weighted by atomic mass is 10.2. The van der Waals surface area contributed by atoms with E-state index in [-0.39, 0.29) is 24.7 Å². The number of nitriles is 1. The van der Waals surface area contributed by atoms with Crippen LogP contribution in [-0.2, 0) is 14.8 Å². The first-order valence-electron chi connectivity index (χ1n) is 9.69. The maximum Gasteiger partial charge on any atom is 0.236 e. The van der Waals surface area contributed by atoms with Crippen LogP contribution in [0.4, 0.5) is 0 Å². The molecular formula is C21H23N5O3S2. The first-order valence-corrected chi connectivity index (χ1v) is 12.2. The molecule has 1 fully saturated rings. The third-order valence-corrected chi connectivity index (χ3v) is 7.32. The van der Waals surface area contributed by atoms with Gasteiger partial charge in [0.25, 0.3) is 0 Å². The topological polar surface area (TPSA) is 107 Å². The minimum absolute atomic E-state index is 0.111. The van der Waals surface area contributed by atoms with E-state index < -0.39 is 10.0 Å². The first-order chi connectivity index (χ1) is 14.8. The molecule has 0 spiro atoms. The van der Waals surface area contributed by atoms with Crippen LogP contribution >= 0.6 is 11.8 Å². The molecule has 1 aliphatic heterocycles. The molecule has 2 aromatic rings. The van der Waals surface area contributed by atoms with Gasteiger partial charge in [-0.15, -0.1) is 0 Å². The second kappa shape index (κ2) is 10.0. The van der Waals surface area contributed by atoms with E-state index in [1.165, 1.54) is 21.5 Å². The summed E-state index contributed by atoms with van der Waals surface area (Å²) in [7, 11) is -3.55. The molecule has 0 aliphatic carbocycles. The molecule has 1 aliphatic rings. The lowest BCUT2D eigenvalue weighted by Gasteiger charge is -2.33. The van der Waals surface area contributed by atoms with Gasteiger partial charge in [-0.1, -0.05) is 42.1 Å².